The Kier molecular flexibility index (Phi) is 5.34. The van der Waals surface area contributed by atoms with E-state index >= 15 is 0 Å². The number of aromatic nitrogens is 2. The van der Waals surface area contributed by atoms with Crippen LogP contribution in [0.25, 0.3) is 0 Å². The Bertz CT molecular complexity index is 725. The number of hydrogen-bond acceptors (Lipinski definition) is 6. The molecule has 2 rings (SSSR count). The molecule has 0 aliphatic heterocycles. The first kappa shape index (κ1) is 14.7. The lowest BCUT2D eigenvalue weighted by molar-refractivity contribution is 0.0679. The summed E-state index contributed by atoms with van der Waals surface area (Å²) in [4.78, 5) is 29.7. The first-order chi connectivity index (χ1) is 12.3. The third kappa shape index (κ3) is 5.41. The molecule has 2 aromatic rings. The van der Waals surface area contributed by atoms with Gasteiger partial charge in [0, 0.05) is 26.2 Å². The van der Waals surface area contributed by atoms with Gasteiger partial charge < -0.3 is 20.8 Å². The monoisotopic (exact) mass is 332 g/mol. The van der Waals surface area contributed by atoms with Crippen LogP contribution < -0.4 is 10.6 Å². The SMILES string of the molecule is [2H]N(CCN([2H])Cc1cccc(C(=O)O)n1)Cc1cccc(C(=O)O)n1. The molecule has 0 bridgehead atoms. The zero-order valence-electron chi connectivity index (χ0n) is 14.8. The van der Waals surface area contributed by atoms with Gasteiger partial charge >= 0.3 is 11.9 Å². The summed E-state index contributed by atoms with van der Waals surface area (Å²) in [6, 6.07) is 9.16. The van der Waals surface area contributed by atoms with Crippen LogP contribution in [-0.4, -0.2) is 45.2 Å². The molecular weight excluding hydrogens is 312 g/mol. The highest BCUT2D eigenvalue weighted by molar-refractivity contribution is 5.85. The molecule has 0 aliphatic carbocycles. The molecule has 0 fully saturated rings. The fourth-order valence-corrected chi connectivity index (χ4v) is 1.90. The minimum absolute atomic E-state index is 0.0811. The molecule has 0 spiro atoms. The van der Waals surface area contributed by atoms with Gasteiger partial charge in [0.25, 0.3) is 0 Å². The van der Waals surface area contributed by atoms with E-state index < -0.39 is 11.9 Å². The summed E-state index contributed by atoms with van der Waals surface area (Å²) in [6.07, 6.45) is 0. The molecule has 0 saturated heterocycles. The van der Waals surface area contributed by atoms with Crippen LogP contribution in [0.5, 0.6) is 0 Å². The second-order valence-electron chi connectivity index (χ2n) is 4.85. The maximum absolute atomic E-state index is 10.9. The average molecular weight is 332 g/mol. The Labute approximate surface area is 141 Å². The topological polar surface area (TPSA) is 124 Å². The number of carboxylic acids is 2. The van der Waals surface area contributed by atoms with Crippen LogP contribution in [0.4, 0.5) is 0 Å². The van der Waals surface area contributed by atoms with Crippen LogP contribution in [0.1, 0.15) is 32.4 Å². The first-order valence-electron chi connectivity index (χ1n) is 8.10. The Hall–Kier alpha value is -2.84. The van der Waals surface area contributed by atoms with Crippen molar-refractivity contribution in [3.63, 3.8) is 0 Å². The van der Waals surface area contributed by atoms with Crippen molar-refractivity contribution in [3.05, 3.63) is 59.2 Å². The van der Waals surface area contributed by atoms with Crippen molar-refractivity contribution in [1.29, 1.82) is 0 Å². The van der Waals surface area contributed by atoms with E-state index in [1.807, 2.05) is 0 Å². The minimum Gasteiger partial charge on any atom is -0.477 e. The summed E-state index contributed by atoms with van der Waals surface area (Å²) in [6.45, 7) is 0.700. The van der Waals surface area contributed by atoms with Gasteiger partial charge in [-0.05, 0) is 24.3 Å². The number of nitrogens with zero attached hydrogens (tertiary/aromatic N) is 2. The third-order valence-electron chi connectivity index (χ3n) is 3.02. The lowest BCUT2D eigenvalue weighted by atomic mass is 10.3. The molecule has 0 unspecified atom stereocenters. The van der Waals surface area contributed by atoms with Crippen LogP contribution in [-0.2, 0) is 13.1 Å². The molecule has 2 aromatic heterocycles. The standard InChI is InChI=1S/C16H18N4O4/c21-15(22)13-5-1-3-11(19-13)9-17-7-8-18-10-12-4-2-6-14(20-12)16(23)24/h1-6,17-18H,7-10H2,(H,21,22)(H,23,24)/i/hD2. The highest BCUT2D eigenvalue weighted by Gasteiger charge is 2.05. The molecule has 0 atom stereocenters. The predicted octanol–water partition coefficient (Wildman–Crippen LogP) is 0.752. The summed E-state index contributed by atoms with van der Waals surface area (Å²) in [7, 11) is 0. The molecule has 8 nitrogen and oxygen atoms in total. The highest BCUT2D eigenvalue weighted by Crippen LogP contribution is 2.00. The fourth-order valence-electron chi connectivity index (χ4n) is 1.90. The zero-order chi connectivity index (χ0) is 19.1. The molecule has 24 heavy (non-hydrogen) atoms. The van der Waals surface area contributed by atoms with E-state index in [4.69, 9.17) is 13.0 Å². The third-order valence-corrected chi connectivity index (χ3v) is 3.02. The van der Waals surface area contributed by atoms with Crippen molar-refractivity contribution in [3.8, 4) is 0 Å². The second kappa shape index (κ2) is 8.70. The van der Waals surface area contributed by atoms with E-state index in [-0.39, 0.29) is 37.6 Å². The van der Waals surface area contributed by atoms with Crippen molar-refractivity contribution < 1.29 is 22.6 Å². The van der Waals surface area contributed by atoms with Gasteiger partial charge in [0.15, 0.2) is 0 Å². The second-order valence-corrected chi connectivity index (χ2v) is 4.85. The van der Waals surface area contributed by atoms with E-state index in [0.717, 1.165) is 0 Å². The van der Waals surface area contributed by atoms with Gasteiger partial charge in [-0.15, -0.1) is 0 Å². The molecule has 0 aliphatic rings. The van der Waals surface area contributed by atoms with Gasteiger partial charge in [0.1, 0.15) is 14.2 Å². The summed E-state index contributed by atoms with van der Waals surface area (Å²) < 4.78 is 15.8. The highest BCUT2D eigenvalue weighted by atomic mass is 16.4. The number of rotatable bonds is 9. The molecule has 0 radical (unpaired) electrons. The number of nitrogens with one attached hydrogen (secondary N) is 2. The molecule has 8 heteroatoms. The Balaban J connectivity index is 1.84. The van der Waals surface area contributed by atoms with Gasteiger partial charge in [-0.2, -0.15) is 0 Å². The molecule has 0 amide bonds. The van der Waals surface area contributed by atoms with Gasteiger partial charge in [0.2, 0.25) is 0 Å². The number of carbonyl (C=O) groups is 2. The Morgan fingerprint density at radius 1 is 0.875 bits per heavy atom. The van der Waals surface area contributed by atoms with Crippen molar-refractivity contribution in [2.24, 2.45) is 0 Å². The molecular formula is C16H18N4O4. The van der Waals surface area contributed by atoms with Crippen LogP contribution in [0.15, 0.2) is 36.4 Å². The molecule has 0 aromatic carbocycles. The summed E-state index contributed by atoms with van der Waals surface area (Å²) in [5.41, 5.74) is 0.740. The normalized spacial score (nSPS) is 12.1. The fraction of sp³-hybridized carbons (Fsp3) is 0.250. The van der Waals surface area contributed by atoms with E-state index in [2.05, 4.69) is 9.97 Å². The summed E-state index contributed by atoms with van der Waals surface area (Å²) in [5, 5.41) is 20.2. The van der Waals surface area contributed by atoms with E-state index in [9.17, 15) is 9.59 Å². The number of hydrogen-bond donors (Lipinski definition) is 4. The summed E-state index contributed by atoms with van der Waals surface area (Å²) >= 11 is 0. The van der Waals surface area contributed by atoms with E-state index in [1.54, 1.807) is 24.3 Å². The molecule has 0 saturated carbocycles. The van der Waals surface area contributed by atoms with Crippen LogP contribution >= 0.6 is 0 Å². The summed E-state index contributed by atoms with van der Waals surface area (Å²) in [5.74, 6) is -2.26. The van der Waals surface area contributed by atoms with Crippen molar-refractivity contribution in [1.82, 2.24) is 20.6 Å². The van der Waals surface area contributed by atoms with Crippen LogP contribution in [0.2, 0.25) is 2.82 Å². The zero-order valence-corrected chi connectivity index (χ0v) is 12.8. The Morgan fingerprint density at radius 3 is 1.67 bits per heavy atom. The number of pyridine rings is 2. The minimum atomic E-state index is -1.13. The number of carboxylic acid groups (broad SMARTS) is 2. The van der Waals surface area contributed by atoms with Crippen molar-refractivity contribution >= 4 is 11.9 Å². The quantitative estimate of drug-likeness (QED) is 0.530. The lowest BCUT2D eigenvalue weighted by Crippen LogP contribution is -2.27. The van der Waals surface area contributed by atoms with Gasteiger partial charge in [-0.25, -0.2) is 19.6 Å². The van der Waals surface area contributed by atoms with Crippen molar-refractivity contribution in [2.45, 2.75) is 13.1 Å². The van der Waals surface area contributed by atoms with Gasteiger partial charge in [-0.1, -0.05) is 12.1 Å². The first-order valence-corrected chi connectivity index (χ1v) is 7.21. The maximum atomic E-state index is 10.9. The maximum Gasteiger partial charge on any atom is 0.354 e. The molecule has 4 N–H and O–H groups in total. The van der Waals surface area contributed by atoms with Crippen molar-refractivity contribution in [2.75, 3.05) is 13.1 Å². The molecule has 2 heterocycles. The smallest absolute Gasteiger partial charge is 0.354 e. The largest absolute Gasteiger partial charge is 0.477 e. The number of aromatic carboxylic acids is 2. The van der Waals surface area contributed by atoms with E-state index in [0.29, 0.717) is 11.4 Å². The van der Waals surface area contributed by atoms with E-state index in [1.165, 1.54) is 22.8 Å². The average Bonchev–Trinajstić information content (AvgIpc) is 2.60. The van der Waals surface area contributed by atoms with Crippen LogP contribution in [0, 0.1) is 0 Å². The van der Waals surface area contributed by atoms with Crippen LogP contribution in [0.3, 0.4) is 0 Å². The van der Waals surface area contributed by atoms with Gasteiger partial charge in [-0.3, -0.25) is 0 Å². The molecule has 126 valence electrons. The predicted molar refractivity (Wildman–Crippen MR) is 85.8 cm³/mol. The lowest BCUT2D eigenvalue weighted by Gasteiger charge is -2.07. The van der Waals surface area contributed by atoms with Gasteiger partial charge in [0.05, 0.1) is 11.4 Å². The Morgan fingerprint density at radius 2 is 1.29 bits per heavy atom.